The van der Waals surface area contributed by atoms with Crippen molar-refractivity contribution >= 4 is 29.0 Å². The fourth-order valence-corrected chi connectivity index (χ4v) is 4.83. The number of aryl methyl sites for hydroxylation is 3. The molecule has 4 aromatic rings. The van der Waals surface area contributed by atoms with Crippen molar-refractivity contribution in [1.29, 1.82) is 0 Å². The molecule has 0 bridgehead atoms. The van der Waals surface area contributed by atoms with E-state index in [1.807, 2.05) is 51.1 Å². The van der Waals surface area contributed by atoms with Gasteiger partial charge in [-0.05, 0) is 50.1 Å². The maximum atomic E-state index is 13.2. The van der Waals surface area contributed by atoms with Gasteiger partial charge in [-0.1, -0.05) is 35.5 Å². The van der Waals surface area contributed by atoms with E-state index >= 15 is 0 Å². The number of amides is 1. The Kier molecular flexibility index (Phi) is 5.41. The Morgan fingerprint density at radius 2 is 1.91 bits per heavy atom. The van der Waals surface area contributed by atoms with Crippen LogP contribution in [0.4, 0.5) is 5.69 Å². The Bertz CT molecular complexity index is 1440. The van der Waals surface area contributed by atoms with Crippen LogP contribution in [-0.4, -0.2) is 38.2 Å². The van der Waals surface area contributed by atoms with Gasteiger partial charge >= 0.3 is 5.69 Å². The summed E-state index contributed by atoms with van der Waals surface area (Å²) >= 11 is 1.46. The zero-order valence-electron chi connectivity index (χ0n) is 18.6. The molecular formula is C24H23N5O3S. The third kappa shape index (κ3) is 4.00. The molecule has 0 aliphatic carbocycles. The second-order valence-corrected chi connectivity index (χ2v) is 9.13. The van der Waals surface area contributed by atoms with Crippen LogP contribution in [0.25, 0.3) is 5.65 Å². The normalized spacial score (nSPS) is 13.1. The second-order valence-electron chi connectivity index (χ2n) is 8.10. The number of carbonyl (C=O) groups excluding carboxylic acids is 1. The molecule has 3 heterocycles. The molecule has 1 aliphatic heterocycles. The summed E-state index contributed by atoms with van der Waals surface area (Å²) in [6.45, 7) is 6.72. The van der Waals surface area contributed by atoms with Crippen LogP contribution in [0.5, 0.6) is 5.75 Å². The average Bonchev–Trinajstić information content (AvgIpc) is 3.11. The number of anilines is 1. The first-order chi connectivity index (χ1) is 15.9. The topological polar surface area (TPSA) is 81.7 Å². The number of benzene rings is 2. The first kappa shape index (κ1) is 21.3. The maximum Gasteiger partial charge on any atom is 0.350 e. The van der Waals surface area contributed by atoms with Crippen molar-refractivity contribution in [3.05, 3.63) is 76.0 Å². The zero-order valence-corrected chi connectivity index (χ0v) is 19.4. The molecule has 2 aromatic heterocycles. The van der Waals surface area contributed by atoms with Crippen molar-refractivity contribution in [3.63, 3.8) is 0 Å². The standard InChI is InChI=1S/C24H23N5O3S/c1-15-5-7-20(17(3)12-15)33-23-22-26-29(24(31)28(22)9-8-25-23)14-21(30)27-10-11-32-19-6-4-16(2)13-18(19)27/h4-9,12-13H,10-11,14H2,1-3H3. The summed E-state index contributed by atoms with van der Waals surface area (Å²) in [4.78, 5) is 33.3. The monoisotopic (exact) mass is 461 g/mol. The number of aromatic nitrogens is 4. The number of hydrogen-bond donors (Lipinski definition) is 0. The first-order valence-electron chi connectivity index (χ1n) is 10.6. The molecule has 1 amide bonds. The minimum atomic E-state index is -0.374. The van der Waals surface area contributed by atoms with E-state index in [9.17, 15) is 9.59 Å². The van der Waals surface area contributed by atoms with Crippen LogP contribution in [0.2, 0.25) is 0 Å². The molecule has 5 rings (SSSR count). The van der Waals surface area contributed by atoms with Gasteiger partial charge in [-0.3, -0.25) is 4.79 Å². The number of nitrogens with zero attached hydrogens (tertiary/aromatic N) is 5. The van der Waals surface area contributed by atoms with Gasteiger partial charge < -0.3 is 9.64 Å². The van der Waals surface area contributed by atoms with Crippen molar-refractivity contribution in [1.82, 2.24) is 19.2 Å². The summed E-state index contributed by atoms with van der Waals surface area (Å²) in [6.07, 6.45) is 3.15. The highest BCUT2D eigenvalue weighted by Crippen LogP contribution is 2.33. The number of ether oxygens (including phenoxy) is 1. The lowest BCUT2D eigenvalue weighted by Crippen LogP contribution is -2.41. The molecule has 9 heteroatoms. The molecule has 0 unspecified atom stereocenters. The Morgan fingerprint density at radius 3 is 2.73 bits per heavy atom. The summed E-state index contributed by atoms with van der Waals surface area (Å²) < 4.78 is 8.32. The minimum Gasteiger partial charge on any atom is -0.490 e. The third-order valence-electron chi connectivity index (χ3n) is 5.57. The van der Waals surface area contributed by atoms with Crippen LogP contribution in [0.15, 0.2) is 63.5 Å². The van der Waals surface area contributed by atoms with Crippen LogP contribution in [0.1, 0.15) is 16.7 Å². The van der Waals surface area contributed by atoms with Gasteiger partial charge in [0.2, 0.25) is 5.91 Å². The molecule has 0 fully saturated rings. The smallest absolute Gasteiger partial charge is 0.350 e. The number of carbonyl (C=O) groups is 1. The highest BCUT2D eigenvalue weighted by atomic mass is 32.2. The Labute approximate surface area is 194 Å². The van der Waals surface area contributed by atoms with E-state index in [-0.39, 0.29) is 18.1 Å². The number of rotatable bonds is 4. The van der Waals surface area contributed by atoms with Crippen molar-refractivity contribution in [2.75, 3.05) is 18.1 Å². The molecule has 0 saturated carbocycles. The first-order valence-corrected chi connectivity index (χ1v) is 11.5. The number of hydrogen-bond acceptors (Lipinski definition) is 6. The molecule has 0 radical (unpaired) electrons. The van der Waals surface area contributed by atoms with Crippen LogP contribution in [0.3, 0.4) is 0 Å². The van der Waals surface area contributed by atoms with Crippen molar-refractivity contribution in [3.8, 4) is 5.75 Å². The van der Waals surface area contributed by atoms with Crippen molar-refractivity contribution < 1.29 is 9.53 Å². The lowest BCUT2D eigenvalue weighted by molar-refractivity contribution is -0.119. The largest absolute Gasteiger partial charge is 0.490 e. The molecule has 0 spiro atoms. The Morgan fingerprint density at radius 1 is 1.12 bits per heavy atom. The lowest BCUT2D eigenvalue weighted by atomic mass is 10.1. The van der Waals surface area contributed by atoms with Crippen LogP contribution >= 0.6 is 11.8 Å². The molecule has 0 saturated heterocycles. The van der Waals surface area contributed by atoms with Crippen molar-refractivity contribution in [2.24, 2.45) is 0 Å². The molecule has 33 heavy (non-hydrogen) atoms. The molecule has 1 aliphatic rings. The molecular weight excluding hydrogens is 438 g/mol. The van der Waals surface area contributed by atoms with E-state index in [2.05, 4.69) is 16.1 Å². The second kappa shape index (κ2) is 8.40. The fourth-order valence-electron chi connectivity index (χ4n) is 3.92. The quantitative estimate of drug-likeness (QED) is 0.463. The van der Waals surface area contributed by atoms with E-state index in [0.717, 1.165) is 21.7 Å². The molecule has 2 aromatic carbocycles. The number of fused-ring (bicyclic) bond motifs is 2. The SMILES string of the molecule is Cc1ccc(Sc2nccn3c(=O)n(CC(=O)N4CCOc5ccc(C)cc54)nc23)c(C)c1. The summed E-state index contributed by atoms with van der Waals surface area (Å²) in [6, 6.07) is 11.9. The van der Waals surface area contributed by atoms with Gasteiger partial charge in [0.25, 0.3) is 0 Å². The fraction of sp³-hybridized carbons (Fsp3) is 0.250. The van der Waals surface area contributed by atoms with Gasteiger partial charge in [0.1, 0.15) is 23.9 Å². The Balaban J connectivity index is 1.46. The predicted molar refractivity (Wildman–Crippen MR) is 126 cm³/mol. The molecule has 168 valence electrons. The van der Waals surface area contributed by atoms with Gasteiger partial charge in [0.15, 0.2) is 5.65 Å². The van der Waals surface area contributed by atoms with Gasteiger partial charge in [-0.2, -0.15) is 0 Å². The maximum absolute atomic E-state index is 13.2. The zero-order chi connectivity index (χ0) is 23.1. The van der Waals surface area contributed by atoms with E-state index < -0.39 is 0 Å². The predicted octanol–water partition coefficient (Wildman–Crippen LogP) is 3.39. The molecule has 0 N–H and O–H groups in total. The van der Waals surface area contributed by atoms with E-state index in [4.69, 9.17) is 4.74 Å². The minimum absolute atomic E-state index is 0.165. The summed E-state index contributed by atoms with van der Waals surface area (Å²) in [5.41, 5.74) is 4.11. The van der Waals surface area contributed by atoms with Gasteiger partial charge in [0, 0.05) is 17.3 Å². The summed E-state index contributed by atoms with van der Waals surface area (Å²) in [5.74, 6) is 0.450. The molecule has 8 nitrogen and oxygen atoms in total. The third-order valence-corrected chi connectivity index (χ3v) is 6.73. The summed E-state index contributed by atoms with van der Waals surface area (Å²) in [5, 5.41) is 5.08. The van der Waals surface area contributed by atoms with E-state index in [1.54, 1.807) is 17.3 Å². The summed E-state index contributed by atoms with van der Waals surface area (Å²) in [7, 11) is 0. The van der Waals surface area contributed by atoms with Crippen LogP contribution in [0, 0.1) is 20.8 Å². The van der Waals surface area contributed by atoms with Crippen LogP contribution < -0.4 is 15.3 Å². The van der Waals surface area contributed by atoms with E-state index in [1.165, 1.54) is 26.4 Å². The highest BCUT2D eigenvalue weighted by molar-refractivity contribution is 7.99. The van der Waals surface area contributed by atoms with Gasteiger partial charge in [-0.15, -0.1) is 5.10 Å². The van der Waals surface area contributed by atoms with Gasteiger partial charge in [0.05, 0.1) is 12.2 Å². The Hall–Kier alpha value is -3.59. The molecule has 0 atom stereocenters. The van der Waals surface area contributed by atoms with Gasteiger partial charge in [-0.25, -0.2) is 18.9 Å². The van der Waals surface area contributed by atoms with Crippen molar-refractivity contribution in [2.45, 2.75) is 37.2 Å². The average molecular weight is 462 g/mol. The van der Waals surface area contributed by atoms with E-state index in [0.29, 0.717) is 29.6 Å². The lowest BCUT2D eigenvalue weighted by Gasteiger charge is -2.29. The van der Waals surface area contributed by atoms with Crippen LogP contribution in [-0.2, 0) is 11.3 Å². The highest BCUT2D eigenvalue weighted by Gasteiger charge is 2.25.